The summed E-state index contributed by atoms with van der Waals surface area (Å²) in [5.74, 6) is 2.85. The molecule has 0 saturated carbocycles. The molecule has 0 aliphatic carbocycles. The Morgan fingerprint density at radius 2 is 2.16 bits per heavy atom. The van der Waals surface area contributed by atoms with Crippen molar-refractivity contribution in [3.8, 4) is 11.5 Å². The molecule has 0 bridgehead atoms. The minimum atomic E-state index is 0.507. The molecule has 0 amide bonds. The van der Waals surface area contributed by atoms with Gasteiger partial charge >= 0.3 is 0 Å². The lowest BCUT2D eigenvalue weighted by Crippen LogP contribution is -2.26. The van der Waals surface area contributed by atoms with Crippen molar-refractivity contribution < 1.29 is 9.47 Å². The van der Waals surface area contributed by atoms with Gasteiger partial charge in [0.25, 0.3) is 0 Å². The van der Waals surface area contributed by atoms with Crippen molar-refractivity contribution >= 4 is 11.8 Å². The maximum atomic E-state index is 5.58. The molecule has 0 heterocycles. The number of ether oxygens (including phenoxy) is 2. The van der Waals surface area contributed by atoms with Gasteiger partial charge in [-0.2, -0.15) is 11.8 Å². The van der Waals surface area contributed by atoms with Crippen LogP contribution in [0.5, 0.6) is 11.5 Å². The Bertz CT molecular complexity index is 371. The Labute approximate surface area is 121 Å². The van der Waals surface area contributed by atoms with Crippen molar-refractivity contribution in [3.05, 3.63) is 23.8 Å². The Morgan fingerprint density at radius 1 is 1.37 bits per heavy atom. The van der Waals surface area contributed by atoms with Crippen molar-refractivity contribution in [1.29, 1.82) is 0 Å². The van der Waals surface area contributed by atoms with Crippen molar-refractivity contribution in [1.82, 2.24) is 5.32 Å². The van der Waals surface area contributed by atoms with Crippen LogP contribution in [-0.4, -0.2) is 31.8 Å². The summed E-state index contributed by atoms with van der Waals surface area (Å²) < 4.78 is 11.1. The molecule has 4 heteroatoms. The van der Waals surface area contributed by atoms with Gasteiger partial charge < -0.3 is 14.8 Å². The van der Waals surface area contributed by atoms with Gasteiger partial charge in [-0.25, -0.2) is 0 Å². The van der Waals surface area contributed by atoms with Crippen molar-refractivity contribution in [2.75, 3.05) is 25.7 Å². The predicted molar refractivity (Wildman–Crippen MR) is 83.5 cm³/mol. The Hall–Kier alpha value is -0.870. The first-order valence-corrected chi connectivity index (χ1v) is 8.13. The summed E-state index contributed by atoms with van der Waals surface area (Å²) in [6.45, 7) is 5.65. The highest BCUT2D eigenvalue weighted by Crippen LogP contribution is 2.30. The summed E-state index contributed by atoms with van der Waals surface area (Å²) in [4.78, 5) is 0. The molecule has 1 aromatic rings. The normalized spacial score (nSPS) is 12.2. The third kappa shape index (κ3) is 5.33. The fourth-order valence-electron chi connectivity index (χ4n) is 1.88. The van der Waals surface area contributed by atoms with E-state index in [9.17, 15) is 0 Å². The van der Waals surface area contributed by atoms with Gasteiger partial charge in [0.2, 0.25) is 0 Å². The Balaban J connectivity index is 2.64. The molecule has 1 unspecified atom stereocenters. The van der Waals surface area contributed by atoms with E-state index in [1.165, 1.54) is 12.2 Å². The molecule has 1 atom stereocenters. The second kappa shape index (κ2) is 9.10. The lowest BCUT2D eigenvalue weighted by atomic mass is 10.1. The predicted octanol–water partition coefficient (Wildman–Crippen LogP) is 3.33. The number of para-hydroxylation sites is 1. The molecule has 3 nitrogen and oxygen atoms in total. The van der Waals surface area contributed by atoms with Crippen molar-refractivity contribution in [2.24, 2.45) is 0 Å². The van der Waals surface area contributed by atoms with Gasteiger partial charge in [-0.15, -0.1) is 0 Å². The van der Waals surface area contributed by atoms with Crippen LogP contribution in [0.15, 0.2) is 18.2 Å². The molecule has 1 rings (SSSR count). The molecule has 0 saturated heterocycles. The van der Waals surface area contributed by atoms with Crippen LogP contribution in [0.25, 0.3) is 0 Å². The third-order valence-electron chi connectivity index (χ3n) is 2.96. The number of hydrogen-bond donors (Lipinski definition) is 1. The maximum Gasteiger partial charge on any atom is 0.165 e. The van der Waals surface area contributed by atoms with Crippen LogP contribution in [0.4, 0.5) is 0 Å². The molecule has 0 aliphatic rings. The van der Waals surface area contributed by atoms with E-state index in [1.54, 1.807) is 7.11 Å². The van der Waals surface area contributed by atoms with E-state index in [2.05, 4.69) is 24.6 Å². The van der Waals surface area contributed by atoms with Crippen molar-refractivity contribution in [3.63, 3.8) is 0 Å². The van der Waals surface area contributed by atoms with Gasteiger partial charge in [0.1, 0.15) is 0 Å². The number of hydrogen-bond acceptors (Lipinski definition) is 4. The first kappa shape index (κ1) is 16.2. The molecule has 0 fully saturated rings. The van der Waals surface area contributed by atoms with Crippen LogP contribution in [0.2, 0.25) is 0 Å². The van der Waals surface area contributed by atoms with E-state index in [0.717, 1.165) is 23.6 Å². The standard InChI is InChI=1S/C15H25NO2S/c1-5-18-14-8-6-7-13(15(14)17-3)11-16-12(2)9-10-19-4/h6-8,12,16H,5,9-11H2,1-4H3. The fourth-order valence-corrected chi connectivity index (χ4v) is 2.47. The molecule has 0 aliphatic heterocycles. The molecule has 0 spiro atoms. The zero-order chi connectivity index (χ0) is 14.1. The van der Waals surface area contributed by atoms with Crippen LogP contribution in [0, 0.1) is 0 Å². The summed E-state index contributed by atoms with van der Waals surface area (Å²) in [5, 5.41) is 3.53. The first-order valence-electron chi connectivity index (χ1n) is 6.73. The zero-order valence-electron chi connectivity index (χ0n) is 12.4. The maximum absolute atomic E-state index is 5.58. The van der Waals surface area contributed by atoms with Crippen LogP contribution in [0.1, 0.15) is 25.8 Å². The number of rotatable bonds is 9. The third-order valence-corrected chi connectivity index (χ3v) is 3.60. The second-order valence-electron chi connectivity index (χ2n) is 4.44. The average molecular weight is 283 g/mol. The van der Waals surface area contributed by atoms with Gasteiger partial charge in [-0.05, 0) is 38.3 Å². The van der Waals surface area contributed by atoms with Gasteiger partial charge in [-0.3, -0.25) is 0 Å². The van der Waals surface area contributed by atoms with Crippen molar-refractivity contribution in [2.45, 2.75) is 32.9 Å². The highest BCUT2D eigenvalue weighted by molar-refractivity contribution is 7.98. The Morgan fingerprint density at radius 3 is 2.79 bits per heavy atom. The SMILES string of the molecule is CCOc1cccc(CNC(C)CCSC)c1OC. The zero-order valence-corrected chi connectivity index (χ0v) is 13.2. The van der Waals surface area contributed by atoms with E-state index in [4.69, 9.17) is 9.47 Å². The summed E-state index contributed by atoms with van der Waals surface area (Å²) in [6, 6.07) is 6.54. The van der Waals surface area contributed by atoms with Crippen LogP contribution >= 0.6 is 11.8 Å². The molecular formula is C15H25NO2S. The number of nitrogens with one attached hydrogen (secondary N) is 1. The highest BCUT2D eigenvalue weighted by Gasteiger charge is 2.10. The number of benzene rings is 1. The topological polar surface area (TPSA) is 30.5 Å². The van der Waals surface area contributed by atoms with Crippen LogP contribution < -0.4 is 14.8 Å². The molecule has 19 heavy (non-hydrogen) atoms. The molecule has 0 aromatic heterocycles. The first-order chi connectivity index (χ1) is 9.22. The second-order valence-corrected chi connectivity index (χ2v) is 5.43. The number of methoxy groups -OCH3 is 1. The summed E-state index contributed by atoms with van der Waals surface area (Å²) in [7, 11) is 1.69. The summed E-state index contributed by atoms with van der Waals surface area (Å²) in [5.41, 5.74) is 1.14. The molecule has 1 aromatic carbocycles. The highest BCUT2D eigenvalue weighted by atomic mass is 32.2. The smallest absolute Gasteiger partial charge is 0.165 e. The number of thioether (sulfide) groups is 1. The van der Waals surface area contributed by atoms with Gasteiger partial charge in [-0.1, -0.05) is 12.1 Å². The molecule has 0 radical (unpaired) electrons. The van der Waals surface area contributed by atoms with Crippen LogP contribution in [0.3, 0.4) is 0 Å². The summed E-state index contributed by atoms with van der Waals surface area (Å²) in [6.07, 6.45) is 3.32. The summed E-state index contributed by atoms with van der Waals surface area (Å²) >= 11 is 1.88. The Kier molecular flexibility index (Phi) is 7.75. The van der Waals surface area contributed by atoms with E-state index < -0.39 is 0 Å². The lowest BCUT2D eigenvalue weighted by molar-refractivity contribution is 0.308. The molecular weight excluding hydrogens is 258 g/mol. The monoisotopic (exact) mass is 283 g/mol. The minimum Gasteiger partial charge on any atom is -0.493 e. The average Bonchev–Trinajstić information content (AvgIpc) is 2.43. The van der Waals surface area contributed by atoms with Crippen LogP contribution in [-0.2, 0) is 6.54 Å². The quantitative estimate of drug-likeness (QED) is 0.753. The molecule has 108 valence electrons. The van der Waals surface area contributed by atoms with E-state index in [1.807, 2.05) is 30.8 Å². The molecule has 1 N–H and O–H groups in total. The van der Waals surface area contributed by atoms with E-state index >= 15 is 0 Å². The van der Waals surface area contributed by atoms with E-state index in [-0.39, 0.29) is 0 Å². The lowest BCUT2D eigenvalue weighted by Gasteiger charge is -2.17. The van der Waals surface area contributed by atoms with E-state index in [0.29, 0.717) is 12.6 Å². The minimum absolute atomic E-state index is 0.507. The van der Waals surface area contributed by atoms with Gasteiger partial charge in [0.15, 0.2) is 11.5 Å². The largest absolute Gasteiger partial charge is 0.493 e. The van der Waals surface area contributed by atoms with Gasteiger partial charge in [0, 0.05) is 18.2 Å². The fraction of sp³-hybridized carbons (Fsp3) is 0.600. The van der Waals surface area contributed by atoms with Gasteiger partial charge in [0.05, 0.1) is 13.7 Å².